The van der Waals surface area contributed by atoms with Gasteiger partial charge in [0.2, 0.25) is 5.91 Å². The van der Waals surface area contributed by atoms with Crippen LogP contribution in [0.1, 0.15) is 56.0 Å². The van der Waals surface area contributed by atoms with Crippen LogP contribution in [0.4, 0.5) is 0 Å². The lowest BCUT2D eigenvalue weighted by Crippen LogP contribution is -2.51. The van der Waals surface area contributed by atoms with Crippen LogP contribution >= 0.6 is 0 Å². The Labute approximate surface area is 133 Å². The molecule has 1 amide bonds. The van der Waals surface area contributed by atoms with Crippen LogP contribution in [0.3, 0.4) is 0 Å². The number of hydrogen-bond donors (Lipinski definition) is 0. The average Bonchev–Trinajstić information content (AvgIpc) is 2.72. The van der Waals surface area contributed by atoms with Gasteiger partial charge in [-0.25, -0.2) is 0 Å². The first-order valence-electron chi connectivity index (χ1n) is 8.76. The molecular formula is C18H29N3O. The molecule has 0 aromatic carbocycles. The van der Waals surface area contributed by atoms with E-state index in [0.29, 0.717) is 18.4 Å². The maximum atomic E-state index is 12.9. The number of carbonyl (C=O) groups is 1. The van der Waals surface area contributed by atoms with E-state index < -0.39 is 0 Å². The van der Waals surface area contributed by atoms with Crippen molar-refractivity contribution in [1.29, 1.82) is 0 Å². The van der Waals surface area contributed by atoms with Crippen molar-refractivity contribution >= 4 is 5.91 Å². The second-order valence-electron chi connectivity index (χ2n) is 7.42. The molecule has 1 aliphatic carbocycles. The van der Waals surface area contributed by atoms with Crippen molar-refractivity contribution in [2.45, 2.75) is 65.3 Å². The Morgan fingerprint density at radius 2 is 2.05 bits per heavy atom. The molecule has 1 saturated carbocycles. The second kappa shape index (κ2) is 6.05. The third-order valence-corrected chi connectivity index (χ3v) is 5.89. The van der Waals surface area contributed by atoms with Crippen LogP contribution in [-0.2, 0) is 18.3 Å². The Morgan fingerprint density at radius 1 is 1.27 bits per heavy atom. The molecule has 4 heteroatoms. The topological polar surface area (TPSA) is 38.1 Å². The molecule has 0 radical (unpaired) electrons. The van der Waals surface area contributed by atoms with Gasteiger partial charge in [-0.15, -0.1) is 0 Å². The molecule has 0 N–H and O–H groups in total. The fourth-order valence-corrected chi connectivity index (χ4v) is 4.53. The Bertz CT molecular complexity index is 563. The SMILES string of the molecule is Cc1nn(C)c(C)c1CC(=O)N1CCC[C@@H]2C[C@@H](C)CC[C@@H]21. The van der Waals surface area contributed by atoms with Crippen molar-refractivity contribution in [3.05, 3.63) is 17.0 Å². The molecule has 2 heterocycles. The standard InChI is InChI=1S/C18H29N3O/c1-12-7-8-17-15(10-12)6-5-9-21(17)18(22)11-16-13(2)19-20(4)14(16)3/h12,15,17H,5-11H2,1-4H3/t12-,15+,17-/m0/s1. The normalized spacial score (nSPS) is 28.5. The van der Waals surface area contributed by atoms with Gasteiger partial charge in [-0.05, 0) is 57.8 Å². The predicted molar refractivity (Wildman–Crippen MR) is 87.6 cm³/mol. The summed E-state index contributed by atoms with van der Waals surface area (Å²) in [6, 6.07) is 0.495. The molecule has 2 fully saturated rings. The van der Waals surface area contributed by atoms with Gasteiger partial charge in [0.25, 0.3) is 0 Å². The number of likely N-dealkylation sites (tertiary alicyclic amines) is 1. The first-order chi connectivity index (χ1) is 10.5. The van der Waals surface area contributed by atoms with Gasteiger partial charge in [0.1, 0.15) is 0 Å². The highest BCUT2D eigenvalue weighted by Crippen LogP contribution is 2.38. The van der Waals surface area contributed by atoms with Gasteiger partial charge in [0.05, 0.1) is 12.1 Å². The number of fused-ring (bicyclic) bond motifs is 1. The first kappa shape index (κ1) is 15.6. The molecule has 4 nitrogen and oxygen atoms in total. The third-order valence-electron chi connectivity index (χ3n) is 5.89. The molecule has 122 valence electrons. The van der Waals surface area contributed by atoms with Crippen molar-refractivity contribution in [2.75, 3.05) is 6.54 Å². The van der Waals surface area contributed by atoms with Crippen LogP contribution in [0.5, 0.6) is 0 Å². The van der Waals surface area contributed by atoms with Gasteiger partial charge in [0, 0.05) is 30.9 Å². The predicted octanol–water partition coefficient (Wildman–Crippen LogP) is 3.01. The highest BCUT2D eigenvalue weighted by Gasteiger charge is 2.37. The number of aryl methyl sites for hydroxylation is 2. The van der Waals surface area contributed by atoms with E-state index >= 15 is 0 Å². The van der Waals surface area contributed by atoms with Gasteiger partial charge in [-0.3, -0.25) is 9.48 Å². The molecule has 0 spiro atoms. The Balaban J connectivity index is 1.74. The van der Waals surface area contributed by atoms with Crippen molar-refractivity contribution < 1.29 is 4.79 Å². The summed E-state index contributed by atoms with van der Waals surface area (Å²) in [5.41, 5.74) is 3.25. The number of aromatic nitrogens is 2. The fraction of sp³-hybridized carbons (Fsp3) is 0.778. The van der Waals surface area contributed by atoms with Crippen LogP contribution in [0, 0.1) is 25.7 Å². The van der Waals surface area contributed by atoms with Crippen molar-refractivity contribution in [2.24, 2.45) is 18.9 Å². The molecular weight excluding hydrogens is 274 g/mol. The van der Waals surface area contributed by atoms with Crippen molar-refractivity contribution in [3.8, 4) is 0 Å². The lowest BCUT2D eigenvalue weighted by molar-refractivity contribution is -0.137. The van der Waals surface area contributed by atoms with Crippen LogP contribution in [-0.4, -0.2) is 33.2 Å². The summed E-state index contributed by atoms with van der Waals surface area (Å²) in [7, 11) is 1.95. The quantitative estimate of drug-likeness (QED) is 0.842. The van der Waals surface area contributed by atoms with Crippen LogP contribution in [0.2, 0.25) is 0 Å². The molecule has 22 heavy (non-hydrogen) atoms. The number of hydrogen-bond acceptors (Lipinski definition) is 2. The minimum absolute atomic E-state index is 0.309. The maximum Gasteiger partial charge on any atom is 0.227 e. The summed E-state index contributed by atoms with van der Waals surface area (Å²) in [6.07, 6.45) is 6.77. The maximum absolute atomic E-state index is 12.9. The smallest absolute Gasteiger partial charge is 0.227 e. The minimum atomic E-state index is 0.309. The number of carbonyl (C=O) groups excluding carboxylic acids is 1. The van der Waals surface area contributed by atoms with E-state index in [1.807, 2.05) is 18.7 Å². The summed E-state index contributed by atoms with van der Waals surface area (Å²) < 4.78 is 1.89. The van der Waals surface area contributed by atoms with E-state index in [-0.39, 0.29) is 0 Å². The zero-order chi connectivity index (χ0) is 15.9. The largest absolute Gasteiger partial charge is 0.339 e. The van der Waals surface area contributed by atoms with E-state index in [1.165, 1.54) is 32.1 Å². The summed E-state index contributed by atoms with van der Waals surface area (Å²) in [6.45, 7) is 7.38. The van der Waals surface area contributed by atoms with E-state index in [1.54, 1.807) is 0 Å². The molecule has 0 bridgehead atoms. The molecule has 1 saturated heterocycles. The monoisotopic (exact) mass is 303 g/mol. The zero-order valence-corrected chi connectivity index (χ0v) is 14.4. The van der Waals surface area contributed by atoms with E-state index in [2.05, 4.69) is 23.8 Å². The lowest BCUT2D eigenvalue weighted by atomic mass is 9.74. The van der Waals surface area contributed by atoms with Gasteiger partial charge in [-0.1, -0.05) is 6.92 Å². The first-order valence-corrected chi connectivity index (χ1v) is 8.76. The van der Waals surface area contributed by atoms with Crippen LogP contribution in [0.25, 0.3) is 0 Å². The molecule has 0 unspecified atom stereocenters. The summed E-state index contributed by atoms with van der Waals surface area (Å²) >= 11 is 0. The third kappa shape index (κ3) is 2.80. The van der Waals surface area contributed by atoms with E-state index in [9.17, 15) is 4.79 Å². The van der Waals surface area contributed by atoms with E-state index in [4.69, 9.17) is 0 Å². The molecule has 1 aliphatic heterocycles. The molecule has 3 rings (SSSR count). The molecule has 2 aliphatic rings. The van der Waals surface area contributed by atoms with Crippen LogP contribution in [0.15, 0.2) is 0 Å². The molecule has 1 aromatic rings. The molecule has 3 atom stereocenters. The number of piperidine rings is 1. The van der Waals surface area contributed by atoms with Gasteiger partial charge < -0.3 is 4.90 Å². The Hall–Kier alpha value is -1.32. The summed E-state index contributed by atoms with van der Waals surface area (Å²) in [5, 5.41) is 4.45. The van der Waals surface area contributed by atoms with Crippen LogP contribution < -0.4 is 0 Å². The van der Waals surface area contributed by atoms with Crippen molar-refractivity contribution in [3.63, 3.8) is 0 Å². The highest BCUT2D eigenvalue weighted by atomic mass is 16.2. The second-order valence-corrected chi connectivity index (χ2v) is 7.42. The Kier molecular flexibility index (Phi) is 4.28. The lowest BCUT2D eigenvalue weighted by Gasteiger charge is -2.45. The summed E-state index contributed by atoms with van der Waals surface area (Å²) in [5.74, 6) is 1.88. The van der Waals surface area contributed by atoms with Crippen molar-refractivity contribution in [1.82, 2.24) is 14.7 Å². The summed E-state index contributed by atoms with van der Waals surface area (Å²) in [4.78, 5) is 15.1. The zero-order valence-electron chi connectivity index (χ0n) is 14.4. The van der Waals surface area contributed by atoms with Gasteiger partial charge in [0.15, 0.2) is 0 Å². The molecule has 1 aromatic heterocycles. The number of amides is 1. The number of nitrogens with zero attached hydrogens (tertiary/aromatic N) is 3. The van der Waals surface area contributed by atoms with Gasteiger partial charge >= 0.3 is 0 Å². The van der Waals surface area contributed by atoms with E-state index in [0.717, 1.165) is 35.3 Å². The average molecular weight is 303 g/mol. The Morgan fingerprint density at radius 3 is 2.73 bits per heavy atom. The fourth-order valence-electron chi connectivity index (χ4n) is 4.53. The minimum Gasteiger partial charge on any atom is -0.339 e. The highest BCUT2D eigenvalue weighted by molar-refractivity contribution is 5.79. The van der Waals surface area contributed by atoms with Gasteiger partial charge in [-0.2, -0.15) is 5.10 Å². The number of rotatable bonds is 2.